The van der Waals surface area contributed by atoms with Gasteiger partial charge in [-0.05, 0) is 38.8 Å². The number of hydrogen-bond donors (Lipinski definition) is 1. The number of nitrogens with zero attached hydrogens (tertiary/aromatic N) is 3. The number of likely N-dealkylation sites (tertiary alicyclic amines) is 1. The Hall–Kier alpha value is -1.92. The van der Waals surface area contributed by atoms with E-state index in [0.29, 0.717) is 19.1 Å². The first-order chi connectivity index (χ1) is 12.6. The van der Waals surface area contributed by atoms with Crippen LogP contribution >= 0.6 is 0 Å². The maximum absolute atomic E-state index is 13.0. The summed E-state index contributed by atoms with van der Waals surface area (Å²) in [5, 5.41) is 3.39. The Bertz CT molecular complexity index is 779. The molecule has 26 heavy (non-hydrogen) atoms. The fourth-order valence-electron chi connectivity index (χ4n) is 4.25. The Labute approximate surface area is 154 Å². The number of para-hydroxylation sites is 2. The van der Waals surface area contributed by atoms with E-state index in [1.165, 1.54) is 0 Å². The summed E-state index contributed by atoms with van der Waals surface area (Å²) in [6.07, 6.45) is 2.51. The molecule has 1 N–H and O–H groups in total. The van der Waals surface area contributed by atoms with E-state index in [4.69, 9.17) is 9.72 Å². The standard InChI is InChI=1S/C20H28N4O2/c1-14(2)24-17-7-4-3-6-16(17)22-20(24)18-8-5-10-23(18)19(25)12-15-13-26-11-9-21-15/h3-4,6-7,14-15,18,21H,5,8-13H2,1-2H3. The van der Waals surface area contributed by atoms with E-state index in [-0.39, 0.29) is 18.0 Å². The third-order valence-corrected chi connectivity index (χ3v) is 5.43. The molecule has 0 radical (unpaired) electrons. The van der Waals surface area contributed by atoms with Gasteiger partial charge in [0.15, 0.2) is 0 Å². The van der Waals surface area contributed by atoms with Crippen LogP contribution in [0.5, 0.6) is 0 Å². The van der Waals surface area contributed by atoms with E-state index in [2.05, 4.69) is 41.9 Å². The second kappa shape index (κ2) is 7.37. The van der Waals surface area contributed by atoms with Crippen LogP contribution in [0.15, 0.2) is 24.3 Å². The number of benzene rings is 1. The number of nitrogens with one attached hydrogen (secondary N) is 1. The van der Waals surface area contributed by atoms with Gasteiger partial charge >= 0.3 is 0 Å². The molecule has 6 heteroatoms. The third-order valence-electron chi connectivity index (χ3n) is 5.43. The average Bonchev–Trinajstić information content (AvgIpc) is 3.26. The van der Waals surface area contributed by atoms with Crippen LogP contribution in [-0.4, -0.2) is 52.7 Å². The fourth-order valence-corrected chi connectivity index (χ4v) is 4.25. The topological polar surface area (TPSA) is 59.4 Å². The van der Waals surface area contributed by atoms with E-state index in [1.54, 1.807) is 0 Å². The van der Waals surface area contributed by atoms with E-state index in [1.807, 2.05) is 11.0 Å². The van der Waals surface area contributed by atoms with Gasteiger partial charge in [0.05, 0.1) is 30.3 Å². The van der Waals surface area contributed by atoms with Crippen LogP contribution in [0, 0.1) is 0 Å². The van der Waals surface area contributed by atoms with Crippen LogP contribution in [0.1, 0.15) is 51.0 Å². The lowest BCUT2D eigenvalue weighted by atomic mass is 10.1. The van der Waals surface area contributed by atoms with Crippen LogP contribution in [0.25, 0.3) is 11.0 Å². The Morgan fingerprint density at radius 2 is 2.23 bits per heavy atom. The Balaban J connectivity index is 1.61. The molecule has 0 aliphatic carbocycles. The molecule has 0 bridgehead atoms. The molecule has 0 saturated carbocycles. The summed E-state index contributed by atoms with van der Waals surface area (Å²) in [5.41, 5.74) is 2.16. The van der Waals surface area contributed by atoms with Gasteiger partial charge in [-0.2, -0.15) is 0 Å². The van der Waals surface area contributed by atoms with Gasteiger partial charge in [-0.3, -0.25) is 4.79 Å². The predicted octanol–water partition coefficient (Wildman–Crippen LogP) is 2.66. The largest absolute Gasteiger partial charge is 0.378 e. The summed E-state index contributed by atoms with van der Waals surface area (Å²) in [7, 11) is 0. The predicted molar refractivity (Wildman–Crippen MR) is 101 cm³/mol. The highest BCUT2D eigenvalue weighted by Crippen LogP contribution is 2.35. The maximum atomic E-state index is 13.0. The van der Waals surface area contributed by atoms with E-state index < -0.39 is 0 Å². The molecular weight excluding hydrogens is 328 g/mol. The highest BCUT2D eigenvalue weighted by atomic mass is 16.5. The second-order valence-corrected chi connectivity index (χ2v) is 7.60. The minimum atomic E-state index is 0.0711. The molecule has 1 amide bonds. The summed E-state index contributed by atoms with van der Waals surface area (Å²) in [6, 6.07) is 8.76. The fraction of sp³-hybridized carbons (Fsp3) is 0.600. The number of ether oxygens (including phenoxy) is 1. The van der Waals surface area contributed by atoms with Crippen LogP contribution < -0.4 is 5.32 Å². The van der Waals surface area contributed by atoms with Crippen molar-refractivity contribution in [3.63, 3.8) is 0 Å². The summed E-state index contributed by atoms with van der Waals surface area (Å²) in [5.74, 6) is 1.23. The highest BCUT2D eigenvalue weighted by Gasteiger charge is 2.35. The van der Waals surface area contributed by atoms with Crippen molar-refractivity contribution in [1.82, 2.24) is 19.8 Å². The number of imidazole rings is 1. The number of carbonyl (C=O) groups excluding carboxylic acids is 1. The maximum Gasteiger partial charge on any atom is 0.224 e. The lowest BCUT2D eigenvalue weighted by molar-refractivity contribution is -0.133. The van der Waals surface area contributed by atoms with Crippen molar-refractivity contribution in [2.24, 2.45) is 0 Å². The van der Waals surface area contributed by atoms with Gasteiger partial charge < -0.3 is 19.5 Å². The molecule has 6 nitrogen and oxygen atoms in total. The van der Waals surface area contributed by atoms with Crippen molar-refractivity contribution in [3.8, 4) is 0 Å². The molecule has 2 atom stereocenters. The Morgan fingerprint density at radius 3 is 3.00 bits per heavy atom. The average molecular weight is 356 g/mol. The van der Waals surface area contributed by atoms with Crippen LogP contribution in [0.4, 0.5) is 0 Å². The molecule has 2 saturated heterocycles. The SMILES string of the molecule is CC(C)n1c(C2CCCN2C(=O)CC2COCCN2)nc2ccccc21. The zero-order valence-electron chi connectivity index (χ0n) is 15.6. The third kappa shape index (κ3) is 3.23. The molecule has 2 fully saturated rings. The number of morpholine rings is 1. The molecule has 3 heterocycles. The zero-order chi connectivity index (χ0) is 18.1. The van der Waals surface area contributed by atoms with E-state index in [9.17, 15) is 4.79 Å². The first-order valence-electron chi connectivity index (χ1n) is 9.72. The minimum Gasteiger partial charge on any atom is -0.378 e. The number of fused-ring (bicyclic) bond motifs is 1. The van der Waals surface area contributed by atoms with Gasteiger partial charge in [-0.25, -0.2) is 4.98 Å². The molecule has 1 aromatic heterocycles. The molecule has 2 aliphatic heterocycles. The van der Waals surface area contributed by atoms with Crippen molar-refractivity contribution < 1.29 is 9.53 Å². The summed E-state index contributed by atoms with van der Waals surface area (Å²) < 4.78 is 7.80. The van der Waals surface area contributed by atoms with Crippen molar-refractivity contribution in [2.75, 3.05) is 26.3 Å². The van der Waals surface area contributed by atoms with Crippen LogP contribution in [-0.2, 0) is 9.53 Å². The molecule has 1 aromatic carbocycles. The van der Waals surface area contributed by atoms with Gasteiger partial charge in [0.25, 0.3) is 0 Å². The van der Waals surface area contributed by atoms with E-state index in [0.717, 1.165) is 49.4 Å². The van der Waals surface area contributed by atoms with Crippen molar-refractivity contribution in [3.05, 3.63) is 30.1 Å². The number of aromatic nitrogens is 2. The Morgan fingerprint density at radius 1 is 1.38 bits per heavy atom. The van der Waals surface area contributed by atoms with Crippen LogP contribution in [0.3, 0.4) is 0 Å². The normalized spacial score (nSPS) is 23.9. The minimum absolute atomic E-state index is 0.0711. The van der Waals surface area contributed by atoms with Crippen LogP contribution in [0.2, 0.25) is 0 Å². The highest BCUT2D eigenvalue weighted by molar-refractivity contribution is 5.79. The smallest absolute Gasteiger partial charge is 0.224 e. The van der Waals surface area contributed by atoms with Crippen molar-refractivity contribution in [1.29, 1.82) is 0 Å². The van der Waals surface area contributed by atoms with Gasteiger partial charge in [-0.1, -0.05) is 12.1 Å². The molecule has 4 rings (SSSR count). The summed E-state index contributed by atoms with van der Waals surface area (Å²) in [6.45, 7) is 7.36. The molecule has 2 unspecified atom stereocenters. The first-order valence-corrected chi connectivity index (χ1v) is 9.72. The van der Waals surface area contributed by atoms with E-state index >= 15 is 0 Å². The molecule has 0 spiro atoms. The monoisotopic (exact) mass is 356 g/mol. The molecule has 2 aliphatic rings. The number of amides is 1. The van der Waals surface area contributed by atoms with Gasteiger partial charge in [0, 0.05) is 31.6 Å². The molecule has 140 valence electrons. The molecular formula is C20H28N4O2. The lowest BCUT2D eigenvalue weighted by Gasteiger charge is -2.29. The number of rotatable bonds is 4. The van der Waals surface area contributed by atoms with Gasteiger partial charge in [0.1, 0.15) is 5.82 Å². The Kier molecular flexibility index (Phi) is 4.96. The van der Waals surface area contributed by atoms with Crippen molar-refractivity contribution in [2.45, 2.75) is 51.2 Å². The summed E-state index contributed by atoms with van der Waals surface area (Å²) in [4.78, 5) is 19.9. The number of hydrogen-bond acceptors (Lipinski definition) is 4. The van der Waals surface area contributed by atoms with Crippen molar-refractivity contribution >= 4 is 16.9 Å². The number of carbonyl (C=O) groups is 1. The lowest BCUT2D eigenvalue weighted by Crippen LogP contribution is -2.45. The quantitative estimate of drug-likeness (QED) is 0.915. The first kappa shape index (κ1) is 17.5. The summed E-state index contributed by atoms with van der Waals surface area (Å²) >= 11 is 0. The second-order valence-electron chi connectivity index (χ2n) is 7.60. The molecule has 2 aromatic rings. The zero-order valence-corrected chi connectivity index (χ0v) is 15.6. The van der Waals surface area contributed by atoms with Gasteiger partial charge in [-0.15, -0.1) is 0 Å². The van der Waals surface area contributed by atoms with Gasteiger partial charge in [0.2, 0.25) is 5.91 Å².